The van der Waals surface area contributed by atoms with Crippen LogP contribution in [0.15, 0.2) is 0 Å². The molecule has 6 heteroatoms. The van der Waals surface area contributed by atoms with Crippen LogP contribution in [-0.2, 0) is 19.4 Å². The maximum atomic E-state index is 11.5. The van der Waals surface area contributed by atoms with Gasteiger partial charge < -0.3 is 5.11 Å². The normalized spacial score (nSPS) is 37.0. The van der Waals surface area contributed by atoms with Gasteiger partial charge in [0.15, 0.2) is 9.84 Å². The van der Waals surface area contributed by atoms with E-state index in [1.54, 1.807) is 0 Å². The lowest BCUT2D eigenvalue weighted by molar-refractivity contribution is -0.140. The summed E-state index contributed by atoms with van der Waals surface area (Å²) in [5, 5.41) is 8.78. The van der Waals surface area contributed by atoms with E-state index in [0.717, 1.165) is 0 Å². The van der Waals surface area contributed by atoms with Gasteiger partial charge in [-0.1, -0.05) is 0 Å². The van der Waals surface area contributed by atoms with Crippen LogP contribution in [0, 0.1) is 17.8 Å². The summed E-state index contributed by atoms with van der Waals surface area (Å²) in [5.41, 5.74) is 0. The Morgan fingerprint density at radius 3 is 2.19 bits per heavy atom. The lowest BCUT2D eigenvalue weighted by atomic mass is 9.71. The highest BCUT2D eigenvalue weighted by Crippen LogP contribution is 2.41. The lowest BCUT2D eigenvalue weighted by Gasteiger charge is -2.40. The van der Waals surface area contributed by atoms with Gasteiger partial charge >= 0.3 is 5.97 Å². The number of hydrogen-bond donors (Lipinski definition) is 1. The predicted molar refractivity (Wildman–Crippen MR) is 55.6 cm³/mol. The van der Waals surface area contributed by atoms with E-state index in [2.05, 4.69) is 0 Å². The molecule has 0 spiro atoms. The molecule has 1 saturated heterocycles. The van der Waals surface area contributed by atoms with E-state index in [1.165, 1.54) is 0 Å². The Hall–Kier alpha value is -0.910. The third-order valence-electron chi connectivity index (χ3n) is 3.54. The molecule has 2 atom stereocenters. The fourth-order valence-corrected chi connectivity index (χ4v) is 5.15. The van der Waals surface area contributed by atoms with E-state index in [-0.39, 0.29) is 54.3 Å². The third kappa shape index (κ3) is 2.26. The van der Waals surface area contributed by atoms with Gasteiger partial charge in [0.25, 0.3) is 0 Å². The fraction of sp³-hybridized carbons (Fsp3) is 0.800. The van der Waals surface area contributed by atoms with Crippen molar-refractivity contribution in [3.05, 3.63) is 0 Å². The van der Waals surface area contributed by atoms with Crippen LogP contribution in [0.4, 0.5) is 0 Å². The topological polar surface area (TPSA) is 88.5 Å². The molecule has 2 rings (SSSR count). The molecule has 5 nitrogen and oxygen atoms in total. The first-order valence-corrected chi connectivity index (χ1v) is 7.13. The highest BCUT2D eigenvalue weighted by atomic mass is 32.2. The molecule has 0 aromatic heterocycles. The Labute approximate surface area is 93.8 Å². The van der Waals surface area contributed by atoms with Crippen molar-refractivity contribution in [3.63, 3.8) is 0 Å². The Kier molecular flexibility index (Phi) is 2.77. The van der Waals surface area contributed by atoms with Crippen molar-refractivity contribution in [1.82, 2.24) is 0 Å². The second-order valence-corrected chi connectivity index (χ2v) is 6.96. The minimum atomic E-state index is -3.08. The Bertz CT molecular complexity index is 400. The zero-order chi connectivity index (χ0) is 11.9. The number of carbonyl (C=O) groups is 2. The SMILES string of the molecule is O=C(O)CC1C2CC(=O)CC1CS(=O)(=O)C2. The van der Waals surface area contributed by atoms with Crippen LogP contribution < -0.4 is 0 Å². The summed E-state index contributed by atoms with van der Waals surface area (Å²) >= 11 is 0. The van der Waals surface area contributed by atoms with Gasteiger partial charge in [0, 0.05) is 19.3 Å². The zero-order valence-corrected chi connectivity index (χ0v) is 9.57. The molecule has 1 heterocycles. The van der Waals surface area contributed by atoms with Crippen LogP contribution in [0.2, 0.25) is 0 Å². The minimum absolute atomic E-state index is 0.0157. The molecule has 0 radical (unpaired) electrons. The molecule has 1 saturated carbocycles. The Morgan fingerprint density at radius 2 is 1.75 bits per heavy atom. The molecule has 0 aromatic rings. The fourth-order valence-electron chi connectivity index (χ4n) is 2.98. The number of carboxylic acids is 1. The molecule has 2 aliphatic rings. The van der Waals surface area contributed by atoms with Gasteiger partial charge in [0.2, 0.25) is 0 Å². The van der Waals surface area contributed by atoms with Gasteiger partial charge in [-0.25, -0.2) is 8.42 Å². The highest BCUT2D eigenvalue weighted by molar-refractivity contribution is 7.91. The van der Waals surface area contributed by atoms with Crippen molar-refractivity contribution < 1.29 is 23.1 Å². The minimum Gasteiger partial charge on any atom is -0.481 e. The van der Waals surface area contributed by atoms with Crippen LogP contribution in [0.3, 0.4) is 0 Å². The monoisotopic (exact) mass is 246 g/mol. The first-order chi connectivity index (χ1) is 7.37. The predicted octanol–water partition coefficient (Wildman–Crippen LogP) is 0.101. The van der Waals surface area contributed by atoms with E-state index in [1.807, 2.05) is 0 Å². The summed E-state index contributed by atoms with van der Waals surface area (Å²) in [4.78, 5) is 22.1. The number of carbonyl (C=O) groups excluding carboxylic acids is 1. The number of carboxylic acid groups (broad SMARTS) is 1. The number of ketones is 1. The molecule has 2 unspecified atom stereocenters. The molecule has 1 aliphatic carbocycles. The van der Waals surface area contributed by atoms with Crippen LogP contribution in [-0.4, -0.2) is 36.8 Å². The molecule has 90 valence electrons. The van der Waals surface area contributed by atoms with Crippen molar-refractivity contribution in [3.8, 4) is 0 Å². The van der Waals surface area contributed by atoms with Crippen LogP contribution in [0.5, 0.6) is 0 Å². The number of Topliss-reactive ketones (excluding diaryl/α,β-unsaturated/α-hetero) is 1. The van der Waals surface area contributed by atoms with Gasteiger partial charge in [-0.05, 0) is 17.8 Å². The molecule has 1 aliphatic heterocycles. The molecule has 0 amide bonds. The summed E-state index contributed by atoms with van der Waals surface area (Å²) < 4.78 is 23.1. The maximum Gasteiger partial charge on any atom is 0.303 e. The summed E-state index contributed by atoms with van der Waals surface area (Å²) in [7, 11) is -3.08. The smallest absolute Gasteiger partial charge is 0.303 e. The van der Waals surface area contributed by atoms with E-state index >= 15 is 0 Å². The summed E-state index contributed by atoms with van der Waals surface area (Å²) in [6.07, 6.45) is 0.444. The Balaban J connectivity index is 2.23. The summed E-state index contributed by atoms with van der Waals surface area (Å²) in [5.74, 6) is -1.57. The van der Waals surface area contributed by atoms with E-state index < -0.39 is 15.8 Å². The van der Waals surface area contributed by atoms with Crippen molar-refractivity contribution in [2.75, 3.05) is 11.5 Å². The van der Waals surface area contributed by atoms with Gasteiger partial charge in [0.1, 0.15) is 5.78 Å². The van der Waals surface area contributed by atoms with Crippen LogP contribution >= 0.6 is 0 Å². The van der Waals surface area contributed by atoms with Crippen molar-refractivity contribution >= 4 is 21.6 Å². The standard InChI is InChI=1S/C10H14O5S/c11-8-1-6-4-16(14,15)5-7(2-8)9(6)3-10(12)13/h6-7,9H,1-5H2,(H,12,13). The van der Waals surface area contributed by atoms with Gasteiger partial charge in [-0.15, -0.1) is 0 Å². The van der Waals surface area contributed by atoms with Crippen LogP contribution in [0.25, 0.3) is 0 Å². The van der Waals surface area contributed by atoms with Gasteiger partial charge in [0.05, 0.1) is 11.5 Å². The molecule has 0 aromatic carbocycles. The average molecular weight is 246 g/mol. The number of rotatable bonds is 2. The number of hydrogen-bond acceptors (Lipinski definition) is 4. The maximum absolute atomic E-state index is 11.5. The zero-order valence-electron chi connectivity index (χ0n) is 8.76. The summed E-state index contributed by atoms with van der Waals surface area (Å²) in [6, 6.07) is 0. The number of sulfone groups is 1. The lowest BCUT2D eigenvalue weighted by Crippen LogP contribution is -2.46. The first kappa shape index (κ1) is 11.6. The van der Waals surface area contributed by atoms with Gasteiger partial charge in [-0.2, -0.15) is 0 Å². The van der Waals surface area contributed by atoms with E-state index in [9.17, 15) is 18.0 Å². The molecular weight excluding hydrogens is 232 g/mol. The largest absolute Gasteiger partial charge is 0.481 e. The quantitative estimate of drug-likeness (QED) is 0.746. The van der Waals surface area contributed by atoms with Gasteiger partial charge in [-0.3, -0.25) is 9.59 Å². The second kappa shape index (κ2) is 3.84. The van der Waals surface area contributed by atoms with E-state index in [0.29, 0.717) is 0 Å². The van der Waals surface area contributed by atoms with Crippen molar-refractivity contribution in [2.45, 2.75) is 19.3 Å². The molecule has 1 N–H and O–H groups in total. The molecular formula is C10H14O5S. The first-order valence-electron chi connectivity index (χ1n) is 5.31. The Morgan fingerprint density at radius 1 is 1.25 bits per heavy atom. The highest BCUT2D eigenvalue weighted by Gasteiger charge is 2.45. The molecule has 16 heavy (non-hydrogen) atoms. The molecule has 2 fully saturated rings. The van der Waals surface area contributed by atoms with E-state index in [4.69, 9.17) is 5.11 Å². The second-order valence-electron chi connectivity index (χ2n) is 4.81. The van der Waals surface area contributed by atoms with Crippen LogP contribution in [0.1, 0.15) is 19.3 Å². The average Bonchev–Trinajstić information content (AvgIpc) is 2.06. The number of aliphatic carboxylic acids is 1. The summed E-state index contributed by atoms with van der Waals surface area (Å²) in [6.45, 7) is 0. The van der Waals surface area contributed by atoms with Crippen molar-refractivity contribution in [2.24, 2.45) is 17.8 Å². The molecule has 2 bridgehead atoms. The number of fused-ring (bicyclic) bond motifs is 2. The third-order valence-corrected chi connectivity index (χ3v) is 5.41. The van der Waals surface area contributed by atoms with Crippen molar-refractivity contribution in [1.29, 1.82) is 0 Å².